The number of alkyl halides is 1. The van der Waals surface area contributed by atoms with Gasteiger partial charge in [-0.15, -0.1) is 0 Å². The summed E-state index contributed by atoms with van der Waals surface area (Å²) in [6.07, 6.45) is 5.49. The summed E-state index contributed by atoms with van der Waals surface area (Å²) in [5.41, 5.74) is 1.43. The Morgan fingerprint density at radius 1 is 1.27 bits per heavy atom. The molecule has 1 N–H and O–H groups in total. The summed E-state index contributed by atoms with van der Waals surface area (Å²) in [5.74, 6) is 0.633. The summed E-state index contributed by atoms with van der Waals surface area (Å²) in [7, 11) is 0. The van der Waals surface area contributed by atoms with Crippen LogP contribution in [0, 0.1) is 23.2 Å². The maximum Gasteiger partial charge on any atom is 0.136 e. The minimum absolute atomic E-state index is 0.0305. The number of benzene rings is 1. The van der Waals surface area contributed by atoms with E-state index in [0.29, 0.717) is 54.9 Å². The number of carbonyl (C=O) groups is 1. The maximum absolute atomic E-state index is 14.9. The Morgan fingerprint density at radius 2 is 2.00 bits per heavy atom. The lowest BCUT2D eigenvalue weighted by Gasteiger charge is -2.38. The van der Waals surface area contributed by atoms with Crippen LogP contribution in [0.4, 0.5) is 10.1 Å². The topological polar surface area (TPSA) is 81.9 Å². The average Bonchev–Trinajstić information content (AvgIpc) is 2.72. The number of fused-ring (bicyclic) bond motifs is 1. The first-order chi connectivity index (χ1) is 14.5. The Morgan fingerprint density at radius 3 is 2.73 bits per heavy atom. The SMILES string of the molecule is C[C@H]1C[C@@H](CC(=O)CC2(F)CCNCC2)CN(c2ccc(C#N)c3nccnc23)C1. The third-order valence-electron chi connectivity index (χ3n) is 6.34. The van der Waals surface area contributed by atoms with E-state index in [9.17, 15) is 14.4 Å². The van der Waals surface area contributed by atoms with Gasteiger partial charge in [0.05, 0.1) is 11.3 Å². The van der Waals surface area contributed by atoms with Gasteiger partial charge in [-0.1, -0.05) is 6.92 Å². The number of hydrogen-bond donors (Lipinski definition) is 1. The summed E-state index contributed by atoms with van der Waals surface area (Å²) < 4.78 is 14.9. The van der Waals surface area contributed by atoms with E-state index in [1.54, 1.807) is 18.5 Å². The Bertz CT molecular complexity index is 966. The second-order valence-corrected chi connectivity index (χ2v) is 8.93. The molecule has 6 nitrogen and oxygen atoms in total. The molecule has 0 spiro atoms. The third-order valence-corrected chi connectivity index (χ3v) is 6.34. The molecular weight excluding hydrogens is 381 g/mol. The van der Waals surface area contributed by atoms with Crippen LogP contribution < -0.4 is 10.2 Å². The smallest absolute Gasteiger partial charge is 0.136 e. The van der Waals surface area contributed by atoms with Crippen LogP contribution in [-0.4, -0.2) is 47.6 Å². The van der Waals surface area contributed by atoms with Gasteiger partial charge in [-0.25, -0.2) is 4.39 Å². The molecule has 3 heterocycles. The van der Waals surface area contributed by atoms with Crippen molar-refractivity contribution >= 4 is 22.5 Å². The van der Waals surface area contributed by atoms with Crippen LogP contribution in [0.5, 0.6) is 0 Å². The molecular formula is C23H28FN5O. The van der Waals surface area contributed by atoms with Gasteiger partial charge in [0.1, 0.15) is 28.6 Å². The number of hydrogen-bond acceptors (Lipinski definition) is 6. The first-order valence-electron chi connectivity index (χ1n) is 10.8. The zero-order chi connectivity index (χ0) is 21.1. The Balaban J connectivity index is 1.50. The molecule has 2 aliphatic rings. The highest BCUT2D eigenvalue weighted by molar-refractivity contribution is 5.92. The Hall–Kier alpha value is -2.59. The lowest BCUT2D eigenvalue weighted by atomic mass is 9.83. The lowest BCUT2D eigenvalue weighted by molar-refractivity contribution is -0.123. The monoisotopic (exact) mass is 409 g/mol. The van der Waals surface area contributed by atoms with E-state index in [2.05, 4.69) is 33.2 Å². The zero-order valence-electron chi connectivity index (χ0n) is 17.4. The molecule has 2 aliphatic heterocycles. The molecule has 30 heavy (non-hydrogen) atoms. The number of Topliss-reactive ketones (excluding diaryl/α,β-unsaturated/α-hetero) is 1. The van der Waals surface area contributed by atoms with E-state index < -0.39 is 5.67 Å². The van der Waals surface area contributed by atoms with Gasteiger partial charge in [0, 0.05) is 38.3 Å². The number of rotatable bonds is 5. The number of nitrogens with zero attached hydrogens (tertiary/aromatic N) is 4. The van der Waals surface area contributed by atoms with Crippen molar-refractivity contribution < 1.29 is 9.18 Å². The number of aromatic nitrogens is 2. The summed E-state index contributed by atoms with van der Waals surface area (Å²) >= 11 is 0. The third kappa shape index (κ3) is 4.44. The predicted molar refractivity (Wildman–Crippen MR) is 114 cm³/mol. The molecule has 1 aromatic heterocycles. The number of piperidine rings is 2. The predicted octanol–water partition coefficient (Wildman–Crippen LogP) is 3.40. The molecule has 7 heteroatoms. The molecule has 2 saturated heterocycles. The van der Waals surface area contributed by atoms with Crippen molar-refractivity contribution in [3.05, 3.63) is 30.1 Å². The highest BCUT2D eigenvalue weighted by Gasteiger charge is 2.35. The van der Waals surface area contributed by atoms with Gasteiger partial charge in [-0.3, -0.25) is 14.8 Å². The van der Waals surface area contributed by atoms with E-state index >= 15 is 0 Å². The first-order valence-corrected chi connectivity index (χ1v) is 10.8. The van der Waals surface area contributed by atoms with E-state index in [1.165, 1.54) is 0 Å². The van der Waals surface area contributed by atoms with Crippen molar-refractivity contribution in [2.24, 2.45) is 11.8 Å². The normalized spacial score (nSPS) is 23.8. The number of halogens is 1. The highest BCUT2D eigenvalue weighted by atomic mass is 19.1. The van der Waals surface area contributed by atoms with Crippen molar-refractivity contribution in [3.8, 4) is 6.07 Å². The van der Waals surface area contributed by atoms with Crippen molar-refractivity contribution in [3.63, 3.8) is 0 Å². The molecule has 2 atom stereocenters. The Kier molecular flexibility index (Phi) is 5.96. The average molecular weight is 410 g/mol. The summed E-state index contributed by atoms with van der Waals surface area (Å²) in [6, 6.07) is 5.90. The second-order valence-electron chi connectivity index (χ2n) is 8.93. The molecule has 0 saturated carbocycles. The van der Waals surface area contributed by atoms with Crippen LogP contribution in [0.25, 0.3) is 11.0 Å². The maximum atomic E-state index is 14.9. The Labute approximate surface area is 176 Å². The van der Waals surface area contributed by atoms with Crippen LogP contribution >= 0.6 is 0 Å². The molecule has 0 bridgehead atoms. The minimum atomic E-state index is -1.35. The zero-order valence-corrected chi connectivity index (χ0v) is 17.4. The van der Waals surface area contributed by atoms with Crippen LogP contribution in [0.2, 0.25) is 0 Å². The van der Waals surface area contributed by atoms with Crippen molar-refractivity contribution in [2.75, 3.05) is 31.1 Å². The quantitative estimate of drug-likeness (QED) is 0.815. The van der Waals surface area contributed by atoms with Gasteiger partial charge in [-0.05, 0) is 56.3 Å². The van der Waals surface area contributed by atoms with Gasteiger partial charge < -0.3 is 10.2 Å². The van der Waals surface area contributed by atoms with Crippen molar-refractivity contribution in [1.82, 2.24) is 15.3 Å². The van der Waals surface area contributed by atoms with E-state index in [1.807, 2.05) is 6.07 Å². The van der Waals surface area contributed by atoms with Gasteiger partial charge in [-0.2, -0.15) is 5.26 Å². The van der Waals surface area contributed by atoms with Gasteiger partial charge in [0.15, 0.2) is 0 Å². The fourth-order valence-corrected chi connectivity index (χ4v) is 5.01. The summed E-state index contributed by atoms with van der Waals surface area (Å²) in [4.78, 5) is 23.8. The number of nitrogens with one attached hydrogen (secondary N) is 1. The van der Waals surface area contributed by atoms with Gasteiger partial charge in [0.25, 0.3) is 0 Å². The number of nitriles is 1. The second kappa shape index (κ2) is 8.65. The molecule has 4 rings (SSSR count). The standard InChI is InChI=1S/C23H28FN5O/c1-16-10-17(11-19(30)12-23(24)4-6-26-7-5-23)15-29(14-16)20-3-2-18(13-25)21-22(20)28-9-8-27-21/h2-3,8-9,16-17,26H,4-7,10-12,14-15H2,1H3/t16-,17-/m0/s1. The minimum Gasteiger partial charge on any atom is -0.369 e. The van der Waals surface area contributed by atoms with Crippen LogP contribution in [0.3, 0.4) is 0 Å². The van der Waals surface area contributed by atoms with Crippen LogP contribution in [0.15, 0.2) is 24.5 Å². The fourth-order valence-electron chi connectivity index (χ4n) is 5.01. The van der Waals surface area contributed by atoms with E-state index in [-0.39, 0.29) is 18.1 Å². The van der Waals surface area contributed by atoms with E-state index in [0.717, 1.165) is 25.2 Å². The summed E-state index contributed by atoms with van der Waals surface area (Å²) in [6.45, 7) is 5.07. The molecule has 0 unspecified atom stereocenters. The molecule has 2 aromatic rings. The highest BCUT2D eigenvalue weighted by Crippen LogP contribution is 2.34. The molecule has 158 valence electrons. The van der Waals surface area contributed by atoms with Gasteiger partial charge in [0.2, 0.25) is 0 Å². The molecule has 0 amide bonds. The van der Waals surface area contributed by atoms with Gasteiger partial charge >= 0.3 is 0 Å². The fraction of sp³-hybridized carbons (Fsp3) is 0.565. The summed E-state index contributed by atoms with van der Waals surface area (Å²) in [5, 5.41) is 12.5. The molecule has 0 aliphatic carbocycles. The largest absolute Gasteiger partial charge is 0.369 e. The van der Waals surface area contributed by atoms with Crippen molar-refractivity contribution in [1.29, 1.82) is 5.26 Å². The van der Waals surface area contributed by atoms with Crippen LogP contribution in [0.1, 0.15) is 44.6 Å². The van der Waals surface area contributed by atoms with Crippen LogP contribution in [-0.2, 0) is 4.79 Å². The van der Waals surface area contributed by atoms with E-state index in [4.69, 9.17) is 0 Å². The number of carbonyl (C=O) groups excluding carboxylic acids is 1. The number of anilines is 1. The first kappa shape index (κ1) is 20.7. The molecule has 0 radical (unpaired) electrons. The number of ketones is 1. The van der Waals surface area contributed by atoms with Crippen molar-refractivity contribution in [2.45, 2.75) is 44.7 Å². The molecule has 2 fully saturated rings. The lowest BCUT2D eigenvalue weighted by Crippen LogP contribution is -2.42. The molecule has 1 aromatic carbocycles.